The van der Waals surface area contributed by atoms with Crippen LogP contribution in [0.1, 0.15) is 52.1 Å². The lowest BCUT2D eigenvalue weighted by Gasteiger charge is -2.36. The van der Waals surface area contributed by atoms with Crippen molar-refractivity contribution in [3.8, 4) is 5.75 Å². The molecule has 1 saturated heterocycles. The number of rotatable bonds is 9. The van der Waals surface area contributed by atoms with Crippen molar-refractivity contribution < 1.29 is 43.7 Å². The molecule has 2 aromatic rings. The molecule has 0 bridgehead atoms. The first kappa shape index (κ1) is 27.2. The molecule has 1 aliphatic rings. The Morgan fingerprint density at radius 3 is 2.27 bits per heavy atom. The number of nitrogens with two attached hydrogens (primary N) is 1. The van der Waals surface area contributed by atoms with Gasteiger partial charge in [0.25, 0.3) is 0 Å². The highest BCUT2D eigenvalue weighted by Gasteiger charge is 2.36. The van der Waals surface area contributed by atoms with E-state index in [9.17, 15) is 34.2 Å². The van der Waals surface area contributed by atoms with E-state index in [1.807, 2.05) is 0 Å². The van der Waals surface area contributed by atoms with Gasteiger partial charge in [0, 0.05) is 43.5 Å². The first-order valence-electron chi connectivity index (χ1n) is 11.6. The molecular formula is C24H28N4O9. The molecule has 0 aliphatic carbocycles. The Morgan fingerprint density at radius 1 is 1.08 bits per heavy atom. The van der Waals surface area contributed by atoms with Crippen LogP contribution in [-0.2, 0) is 14.3 Å². The van der Waals surface area contributed by atoms with E-state index in [-0.39, 0.29) is 67.1 Å². The second-order valence-corrected chi connectivity index (χ2v) is 8.27. The van der Waals surface area contributed by atoms with Crippen LogP contribution in [0.25, 0.3) is 10.9 Å². The molecule has 198 valence electrons. The molecule has 1 unspecified atom stereocenters. The zero-order chi connectivity index (χ0) is 27.3. The monoisotopic (exact) mass is 516 g/mol. The maximum atomic E-state index is 13.7. The van der Waals surface area contributed by atoms with Gasteiger partial charge < -0.3 is 35.2 Å². The first-order valence-corrected chi connectivity index (χ1v) is 11.6. The van der Waals surface area contributed by atoms with E-state index in [1.165, 1.54) is 35.1 Å². The topological polar surface area (TPSA) is 190 Å². The molecule has 0 radical (unpaired) electrons. The Hall–Kier alpha value is -4.42. The van der Waals surface area contributed by atoms with E-state index in [0.29, 0.717) is 0 Å². The molecule has 13 heteroatoms. The fourth-order valence-corrected chi connectivity index (χ4v) is 4.36. The maximum absolute atomic E-state index is 13.7. The quantitative estimate of drug-likeness (QED) is 0.438. The summed E-state index contributed by atoms with van der Waals surface area (Å²) in [5.41, 5.74) is 4.99. The summed E-state index contributed by atoms with van der Waals surface area (Å²) < 4.78 is 10.4. The van der Waals surface area contributed by atoms with Crippen molar-refractivity contribution in [1.82, 2.24) is 14.8 Å². The van der Waals surface area contributed by atoms with Gasteiger partial charge in [-0.2, -0.15) is 0 Å². The number of piperazine rings is 1. The third-order valence-corrected chi connectivity index (χ3v) is 6.07. The van der Waals surface area contributed by atoms with Crippen molar-refractivity contribution in [2.45, 2.75) is 25.7 Å². The van der Waals surface area contributed by atoms with Crippen molar-refractivity contribution in [2.75, 3.05) is 39.9 Å². The van der Waals surface area contributed by atoms with E-state index >= 15 is 0 Å². The minimum Gasteiger partial charge on any atom is -0.494 e. The average molecular weight is 517 g/mol. The number of ether oxygens (including phenoxy) is 2. The third-order valence-electron chi connectivity index (χ3n) is 6.07. The number of carbonyl (C=O) groups is 5. The molecule has 1 fully saturated rings. The zero-order valence-corrected chi connectivity index (χ0v) is 20.4. The highest BCUT2D eigenvalue weighted by atomic mass is 16.6. The minimum absolute atomic E-state index is 0.0458. The summed E-state index contributed by atoms with van der Waals surface area (Å²) in [5, 5.41) is 19.3. The van der Waals surface area contributed by atoms with Gasteiger partial charge in [0.2, 0.25) is 11.8 Å². The number of methoxy groups -OCH3 is 1. The van der Waals surface area contributed by atoms with Gasteiger partial charge >= 0.3 is 18.0 Å². The van der Waals surface area contributed by atoms with Crippen LogP contribution in [-0.4, -0.2) is 94.7 Å². The number of nitrogens with zero attached hydrogens (tertiary/aromatic N) is 3. The van der Waals surface area contributed by atoms with Crippen LogP contribution in [0.15, 0.2) is 18.2 Å². The summed E-state index contributed by atoms with van der Waals surface area (Å²) >= 11 is 0. The zero-order valence-electron chi connectivity index (χ0n) is 20.4. The molecule has 0 saturated carbocycles. The fraction of sp³-hybridized carbons (Fsp3) is 0.417. The van der Waals surface area contributed by atoms with Crippen LogP contribution in [0, 0.1) is 0 Å². The lowest BCUT2D eigenvalue weighted by molar-refractivity contribution is -0.138. The molecule has 37 heavy (non-hydrogen) atoms. The van der Waals surface area contributed by atoms with E-state index in [1.54, 1.807) is 6.92 Å². The van der Waals surface area contributed by atoms with Crippen LogP contribution in [0.4, 0.5) is 4.79 Å². The lowest BCUT2D eigenvalue weighted by atomic mass is 9.92. The molecule has 1 aromatic heterocycles. The lowest BCUT2D eigenvalue weighted by Crippen LogP contribution is -2.51. The van der Waals surface area contributed by atoms with Gasteiger partial charge in [0.15, 0.2) is 5.75 Å². The Labute approximate surface area is 211 Å². The van der Waals surface area contributed by atoms with Crippen LogP contribution in [0.3, 0.4) is 0 Å². The van der Waals surface area contributed by atoms with Gasteiger partial charge in [-0.15, -0.1) is 0 Å². The fourth-order valence-electron chi connectivity index (χ4n) is 4.36. The van der Waals surface area contributed by atoms with E-state index in [4.69, 9.17) is 15.2 Å². The Balaban J connectivity index is 2.10. The van der Waals surface area contributed by atoms with Gasteiger partial charge in [0.05, 0.1) is 30.8 Å². The van der Waals surface area contributed by atoms with Crippen molar-refractivity contribution >= 4 is 40.7 Å². The standard InChI is InChI=1S/C24H28N4O9/c1-3-37-24(35)28-11-9-27(10-12-28)22(32)14(7-8-16(29)30)19-20(36-2)18(23(33)34)17-13(21(25)31)5-4-6-15(17)26-19/h4-6,14H,3,7-12H2,1-2H3,(H2,25,31)(H,29,30)(H,33,34). The number of pyridine rings is 1. The molecule has 1 atom stereocenters. The van der Waals surface area contributed by atoms with Crippen molar-refractivity contribution in [1.29, 1.82) is 0 Å². The van der Waals surface area contributed by atoms with E-state index < -0.39 is 47.7 Å². The highest BCUT2D eigenvalue weighted by molar-refractivity contribution is 6.14. The molecule has 1 aliphatic heterocycles. The number of benzene rings is 1. The van der Waals surface area contributed by atoms with Gasteiger partial charge in [-0.3, -0.25) is 14.4 Å². The predicted molar refractivity (Wildman–Crippen MR) is 129 cm³/mol. The number of fused-ring (bicyclic) bond motifs is 1. The van der Waals surface area contributed by atoms with E-state index in [2.05, 4.69) is 4.98 Å². The number of amides is 3. The molecule has 1 aromatic carbocycles. The summed E-state index contributed by atoms with van der Waals surface area (Å²) in [6.45, 7) is 2.64. The van der Waals surface area contributed by atoms with Crippen molar-refractivity contribution in [3.05, 3.63) is 35.0 Å². The van der Waals surface area contributed by atoms with Gasteiger partial charge in [-0.05, 0) is 25.5 Å². The molecule has 0 spiro atoms. The third kappa shape index (κ3) is 5.71. The molecule has 13 nitrogen and oxygen atoms in total. The Bertz CT molecular complexity index is 1240. The summed E-state index contributed by atoms with van der Waals surface area (Å²) in [7, 11) is 1.20. The van der Waals surface area contributed by atoms with Crippen molar-refractivity contribution in [3.63, 3.8) is 0 Å². The van der Waals surface area contributed by atoms with Gasteiger partial charge in [-0.25, -0.2) is 14.6 Å². The molecule has 3 rings (SSSR count). The average Bonchev–Trinajstić information content (AvgIpc) is 2.87. The normalized spacial score (nSPS) is 14.2. The largest absolute Gasteiger partial charge is 0.494 e. The summed E-state index contributed by atoms with van der Waals surface area (Å²) in [4.78, 5) is 68.8. The van der Waals surface area contributed by atoms with Crippen LogP contribution >= 0.6 is 0 Å². The number of hydrogen-bond donors (Lipinski definition) is 3. The van der Waals surface area contributed by atoms with Crippen LogP contribution in [0.5, 0.6) is 5.75 Å². The molecule has 4 N–H and O–H groups in total. The highest BCUT2D eigenvalue weighted by Crippen LogP contribution is 2.38. The summed E-state index contributed by atoms with van der Waals surface area (Å²) in [5.74, 6) is -5.38. The number of carboxylic acids is 2. The number of hydrogen-bond acceptors (Lipinski definition) is 8. The first-order chi connectivity index (χ1) is 17.6. The molecule has 2 heterocycles. The van der Waals surface area contributed by atoms with Crippen LogP contribution in [0.2, 0.25) is 0 Å². The Kier molecular flexibility index (Phi) is 8.48. The van der Waals surface area contributed by atoms with Crippen LogP contribution < -0.4 is 10.5 Å². The number of primary amides is 1. The van der Waals surface area contributed by atoms with Crippen molar-refractivity contribution in [2.24, 2.45) is 5.73 Å². The second kappa shape index (κ2) is 11.5. The number of aromatic nitrogens is 1. The molecule has 3 amide bonds. The minimum atomic E-state index is -1.44. The van der Waals surface area contributed by atoms with Gasteiger partial charge in [0.1, 0.15) is 5.56 Å². The number of aliphatic carboxylic acids is 1. The SMILES string of the molecule is CCOC(=O)N1CCN(C(=O)C(CCC(=O)O)c2nc3cccc(C(N)=O)c3c(C(=O)O)c2OC)CC1. The molecular weight excluding hydrogens is 488 g/mol. The predicted octanol–water partition coefficient (Wildman–Crippen LogP) is 1.29. The summed E-state index contributed by atoms with van der Waals surface area (Å²) in [6, 6.07) is 4.29. The number of carbonyl (C=O) groups excluding carboxylic acids is 3. The summed E-state index contributed by atoms with van der Waals surface area (Å²) in [6.07, 6.45) is -1.08. The second-order valence-electron chi connectivity index (χ2n) is 8.27. The Morgan fingerprint density at radius 2 is 1.73 bits per heavy atom. The van der Waals surface area contributed by atoms with E-state index in [0.717, 1.165) is 0 Å². The number of aromatic carboxylic acids is 1. The smallest absolute Gasteiger partial charge is 0.409 e. The number of carboxylic acid groups (broad SMARTS) is 2. The maximum Gasteiger partial charge on any atom is 0.409 e. The van der Waals surface area contributed by atoms with Gasteiger partial charge in [-0.1, -0.05) is 6.07 Å².